The molecule has 1 heterocycles. The molecule has 17 heavy (non-hydrogen) atoms. The van der Waals surface area contributed by atoms with E-state index in [9.17, 15) is 4.79 Å². The normalized spacial score (nSPS) is 15.2. The summed E-state index contributed by atoms with van der Waals surface area (Å²) in [5.41, 5.74) is 0. The maximum atomic E-state index is 11.6. The molecule has 0 radical (unpaired) electrons. The zero-order chi connectivity index (χ0) is 12.3. The lowest BCUT2D eigenvalue weighted by Crippen LogP contribution is -2.29. The van der Waals surface area contributed by atoms with E-state index in [4.69, 9.17) is 0 Å². The first kappa shape index (κ1) is 12.5. The number of aromatic nitrogens is 1. The lowest BCUT2D eigenvalue weighted by atomic mass is 10.2. The minimum Gasteiger partial charge on any atom is -0.308 e. The zero-order valence-corrected chi connectivity index (χ0v) is 11.1. The molecule has 1 aromatic rings. The van der Waals surface area contributed by atoms with Crippen LogP contribution >= 0.6 is 11.3 Å². The maximum Gasteiger partial charge on any atom is 0.240 e. The molecule has 1 aliphatic carbocycles. The quantitative estimate of drug-likeness (QED) is 0.817. The fourth-order valence-electron chi connectivity index (χ4n) is 1.49. The lowest BCUT2D eigenvalue weighted by molar-refractivity contribution is -0.115. The third kappa shape index (κ3) is 4.09. The Balaban J connectivity index is 1.72. The van der Waals surface area contributed by atoms with Gasteiger partial charge in [0.05, 0.1) is 6.54 Å². The molecule has 1 fully saturated rings. The molecule has 0 aromatic carbocycles. The molecular formula is C12H19N3OS. The van der Waals surface area contributed by atoms with E-state index in [-0.39, 0.29) is 5.91 Å². The number of nitrogens with one attached hydrogen (secondary N) is 2. The standard InChI is InChI=1S/C12H19N3OS/c1-8(2)10-6-14-12(17-10)15-11(16)7-13-5-9-3-4-9/h6,8-9,13H,3-5,7H2,1-2H3,(H,14,15,16). The first-order valence-electron chi connectivity index (χ1n) is 6.11. The van der Waals surface area contributed by atoms with Gasteiger partial charge in [0.15, 0.2) is 5.13 Å². The fourth-order valence-corrected chi connectivity index (χ4v) is 2.32. The fraction of sp³-hybridized carbons (Fsp3) is 0.667. The number of amides is 1. The molecule has 5 heteroatoms. The van der Waals surface area contributed by atoms with Crippen molar-refractivity contribution in [3.63, 3.8) is 0 Å². The van der Waals surface area contributed by atoms with Crippen LogP contribution in [0.3, 0.4) is 0 Å². The van der Waals surface area contributed by atoms with Gasteiger partial charge < -0.3 is 10.6 Å². The number of rotatable bonds is 6. The van der Waals surface area contributed by atoms with Crippen LogP contribution in [0.4, 0.5) is 5.13 Å². The SMILES string of the molecule is CC(C)c1cnc(NC(=O)CNCC2CC2)s1. The van der Waals surface area contributed by atoms with Gasteiger partial charge in [0.1, 0.15) is 0 Å². The molecule has 94 valence electrons. The first-order chi connectivity index (χ1) is 8.15. The Hall–Kier alpha value is -0.940. The van der Waals surface area contributed by atoms with E-state index in [0.717, 1.165) is 12.5 Å². The minimum absolute atomic E-state index is 0.00435. The van der Waals surface area contributed by atoms with Gasteiger partial charge in [0, 0.05) is 11.1 Å². The van der Waals surface area contributed by atoms with Crippen LogP contribution in [0.15, 0.2) is 6.20 Å². The molecule has 2 N–H and O–H groups in total. The van der Waals surface area contributed by atoms with Crippen molar-refractivity contribution in [2.45, 2.75) is 32.6 Å². The van der Waals surface area contributed by atoms with Gasteiger partial charge in [0.25, 0.3) is 0 Å². The van der Waals surface area contributed by atoms with E-state index in [2.05, 4.69) is 29.5 Å². The van der Waals surface area contributed by atoms with Gasteiger partial charge in [-0.2, -0.15) is 0 Å². The minimum atomic E-state index is -0.00435. The summed E-state index contributed by atoms with van der Waals surface area (Å²) < 4.78 is 0. The molecule has 0 aliphatic heterocycles. The van der Waals surface area contributed by atoms with Gasteiger partial charge in [0.2, 0.25) is 5.91 Å². The van der Waals surface area contributed by atoms with Crippen LogP contribution in [-0.4, -0.2) is 24.0 Å². The second-order valence-electron chi connectivity index (χ2n) is 4.84. The van der Waals surface area contributed by atoms with E-state index in [1.54, 1.807) is 11.3 Å². The molecule has 1 saturated carbocycles. The number of hydrogen-bond donors (Lipinski definition) is 2. The van der Waals surface area contributed by atoms with Crippen molar-refractivity contribution < 1.29 is 4.79 Å². The third-order valence-corrected chi connectivity index (χ3v) is 3.97. The van der Waals surface area contributed by atoms with Gasteiger partial charge in [-0.05, 0) is 31.2 Å². The summed E-state index contributed by atoms with van der Waals surface area (Å²) in [5.74, 6) is 1.26. The molecule has 1 aromatic heterocycles. The van der Waals surface area contributed by atoms with Crippen molar-refractivity contribution in [1.82, 2.24) is 10.3 Å². The van der Waals surface area contributed by atoms with Crippen LogP contribution < -0.4 is 10.6 Å². The van der Waals surface area contributed by atoms with Crippen molar-refractivity contribution in [1.29, 1.82) is 0 Å². The maximum absolute atomic E-state index is 11.6. The molecule has 4 nitrogen and oxygen atoms in total. The second kappa shape index (κ2) is 5.60. The summed E-state index contributed by atoms with van der Waals surface area (Å²) in [6.45, 7) is 5.59. The largest absolute Gasteiger partial charge is 0.308 e. The molecule has 0 spiro atoms. The van der Waals surface area contributed by atoms with Crippen molar-refractivity contribution in [3.05, 3.63) is 11.1 Å². The number of thiazole rings is 1. The van der Waals surface area contributed by atoms with Crippen molar-refractivity contribution >= 4 is 22.4 Å². The van der Waals surface area contributed by atoms with Crippen molar-refractivity contribution in [2.24, 2.45) is 5.92 Å². The van der Waals surface area contributed by atoms with Crippen LogP contribution in [0, 0.1) is 5.92 Å². The van der Waals surface area contributed by atoms with Crippen LogP contribution in [0.5, 0.6) is 0 Å². The van der Waals surface area contributed by atoms with E-state index in [1.165, 1.54) is 17.7 Å². The number of anilines is 1. The number of carbonyl (C=O) groups is 1. The summed E-state index contributed by atoms with van der Waals surface area (Å²) in [4.78, 5) is 17.0. The smallest absolute Gasteiger partial charge is 0.240 e. The average molecular weight is 253 g/mol. The molecule has 1 amide bonds. The number of hydrogen-bond acceptors (Lipinski definition) is 4. The summed E-state index contributed by atoms with van der Waals surface area (Å²) in [7, 11) is 0. The van der Waals surface area contributed by atoms with E-state index >= 15 is 0 Å². The van der Waals surface area contributed by atoms with Crippen LogP contribution in [0.2, 0.25) is 0 Å². The Morgan fingerprint density at radius 2 is 2.35 bits per heavy atom. The number of carbonyl (C=O) groups excluding carboxylic acids is 1. The van der Waals surface area contributed by atoms with Gasteiger partial charge in [-0.1, -0.05) is 13.8 Å². The third-order valence-electron chi connectivity index (χ3n) is 2.75. The molecule has 1 aliphatic rings. The van der Waals surface area contributed by atoms with Crippen LogP contribution in [0.25, 0.3) is 0 Å². The predicted octanol–water partition coefficient (Wildman–Crippen LogP) is 2.20. The second-order valence-corrected chi connectivity index (χ2v) is 5.91. The molecular weight excluding hydrogens is 234 g/mol. The van der Waals surface area contributed by atoms with E-state index in [1.807, 2.05) is 6.20 Å². The van der Waals surface area contributed by atoms with E-state index in [0.29, 0.717) is 17.6 Å². The van der Waals surface area contributed by atoms with Gasteiger partial charge >= 0.3 is 0 Å². The van der Waals surface area contributed by atoms with Gasteiger partial charge in [-0.3, -0.25) is 4.79 Å². The summed E-state index contributed by atoms with van der Waals surface area (Å²) in [5, 5.41) is 6.68. The highest BCUT2D eigenvalue weighted by Gasteiger charge is 2.20. The molecule has 2 rings (SSSR count). The zero-order valence-electron chi connectivity index (χ0n) is 10.3. The number of nitrogens with zero attached hydrogens (tertiary/aromatic N) is 1. The monoisotopic (exact) mass is 253 g/mol. The Labute approximate surface area is 106 Å². The summed E-state index contributed by atoms with van der Waals surface area (Å²) >= 11 is 1.55. The molecule has 0 unspecified atom stereocenters. The van der Waals surface area contributed by atoms with Crippen molar-refractivity contribution in [3.8, 4) is 0 Å². The van der Waals surface area contributed by atoms with Gasteiger partial charge in [-0.15, -0.1) is 11.3 Å². The highest BCUT2D eigenvalue weighted by molar-refractivity contribution is 7.15. The highest BCUT2D eigenvalue weighted by Crippen LogP contribution is 2.27. The Bertz CT molecular complexity index is 385. The van der Waals surface area contributed by atoms with Crippen molar-refractivity contribution in [2.75, 3.05) is 18.4 Å². The average Bonchev–Trinajstić information content (AvgIpc) is 2.96. The predicted molar refractivity (Wildman–Crippen MR) is 70.4 cm³/mol. The Kier molecular flexibility index (Phi) is 4.12. The Morgan fingerprint density at radius 3 is 2.94 bits per heavy atom. The highest BCUT2D eigenvalue weighted by atomic mass is 32.1. The Morgan fingerprint density at radius 1 is 1.59 bits per heavy atom. The topological polar surface area (TPSA) is 54.0 Å². The van der Waals surface area contributed by atoms with Crippen LogP contribution in [0.1, 0.15) is 37.5 Å². The lowest BCUT2D eigenvalue weighted by Gasteiger charge is -2.03. The molecule has 0 saturated heterocycles. The van der Waals surface area contributed by atoms with E-state index < -0.39 is 0 Å². The van der Waals surface area contributed by atoms with Crippen LogP contribution in [-0.2, 0) is 4.79 Å². The first-order valence-corrected chi connectivity index (χ1v) is 6.93. The molecule has 0 bridgehead atoms. The summed E-state index contributed by atoms with van der Waals surface area (Å²) in [6.07, 6.45) is 4.44. The molecule has 0 atom stereocenters. The summed E-state index contributed by atoms with van der Waals surface area (Å²) in [6, 6.07) is 0. The van der Waals surface area contributed by atoms with Gasteiger partial charge in [-0.25, -0.2) is 4.98 Å².